The normalized spacial score (nSPS) is 16.7. The van der Waals surface area contributed by atoms with E-state index in [0.29, 0.717) is 61.1 Å². The fraction of sp³-hybridized carbons (Fsp3) is 0.281. The first kappa shape index (κ1) is 27.2. The van der Waals surface area contributed by atoms with Crippen LogP contribution in [0.4, 0.5) is 0 Å². The maximum absolute atomic E-state index is 14.2. The van der Waals surface area contributed by atoms with E-state index in [0.717, 1.165) is 22.4 Å². The molecule has 0 radical (unpaired) electrons. The number of carbonyl (C=O) groups excluding carboxylic acids is 2. The van der Waals surface area contributed by atoms with Gasteiger partial charge in [0.1, 0.15) is 17.2 Å². The van der Waals surface area contributed by atoms with Gasteiger partial charge in [-0.05, 0) is 65.9 Å². The summed E-state index contributed by atoms with van der Waals surface area (Å²) in [5, 5.41) is 7.34. The van der Waals surface area contributed by atoms with Gasteiger partial charge in [0.15, 0.2) is 18.1 Å². The summed E-state index contributed by atoms with van der Waals surface area (Å²) in [5.74, 6) is 1.97. The van der Waals surface area contributed by atoms with Crippen molar-refractivity contribution >= 4 is 11.8 Å². The molecule has 10 heteroatoms. The van der Waals surface area contributed by atoms with Crippen LogP contribution in [0.15, 0.2) is 73.1 Å². The highest BCUT2D eigenvalue weighted by Gasteiger charge is 2.35. The summed E-state index contributed by atoms with van der Waals surface area (Å²) in [6.45, 7) is 1.25. The zero-order chi connectivity index (χ0) is 29.1. The lowest BCUT2D eigenvalue weighted by molar-refractivity contribution is -0.123. The quantitative estimate of drug-likeness (QED) is 0.398. The number of aromatic nitrogens is 2. The van der Waals surface area contributed by atoms with Crippen LogP contribution >= 0.6 is 0 Å². The summed E-state index contributed by atoms with van der Waals surface area (Å²) in [5.41, 5.74) is 4.05. The lowest BCUT2D eigenvalue weighted by atomic mass is 9.87. The van der Waals surface area contributed by atoms with Crippen molar-refractivity contribution in [3.8, 4) is 28.7 Å². The lowest BCUT2D eigenvalue weighted by Crippen LogP contribution is -2.40. The molecule has 3 aliphatic heterocycles. The summed E-state index contributed by atoms with van der Waals surface area (Å²) in [4.78, 5) is 28.4. The van der Waals surface area contributed by atoms with E-state index in [1.807, 2.05) is 65.6 Å². The Labute approximate surface area is 243 Å². The number of para-hydroxylation sites is 2. The van der Waals surface area contributed by atoms with Crippen molar-refractivity contribution < 1.29 is 28.5 Å². The molecule has 216 valence electrons. The number of hydrogen-bond donors (Lipinski definition) is 1. The molecule has 4 heterocycles. The Hall–Kier alpha value is -4.99. The molecule has 0 aliphatic carbocycles. The first-order valence-corrected chi connectivity index (χ1v) is 13.9. The molecular weight excluding hydrogens is 536 g/mol. The molecule has 7 rings (SSSR count). The van der Waals surface area contributed by atoms with Gasteiger partial charge in [-0.1, -0.05) is 24.3 Å². The minimum absolute atomic E-state index is 0.126. The van der Waals surface area contributed by atoms with E-state index in [1.54, 1.807) is 31.3 Å². The number of ether oxygens (including phenoxy) is 4. The van der Waals surface area contributed by atoms with Crippen molar-refractivity contribution in [3.05, 3.63) is 95.3 Å². The molecule has 6 bridgehead atoms. The van der Waals surface area contributed by atoms with Gasteiger partial charge in [0.05, 0.1) is 38.6 Å². The maximum atomic E-state index is 14.2. The number of amides is 2. The van der Waals surface area contributed by atoms with Gasteiger partial charge in [0, 0.05) is 19.3 Å². The van der Waals surface area contributed by atoms with Crippen molar-refractivity contribution in [1.82, 2.24) is 20.0 Å². The van der Waals surface area contributed by atoms with Crippen molar-refractivity contribution in [2.24, 2.45) is 0 Å². The highest BCUT2D eigenvalue weighted by Crippen LogP contribution is 2.42. The molecule has 42 heavy (non-hydrogen) atoms. The SMILES string of the molecule is COc1cc2c3cc1OCC(=O)NCCCOc1cccc(c1)C2N(C(=O)c1cnn(-c2ccccc2OC)c1)CC3. The van der Waals surface area contributed by atoms with Crippen LogP contribution in [0.2, 0.25) is 0 Å². The summed E-state index contributed by atoms with van der Waals surface area (Å²) >= 11 is 0. The Morgan fingerprint density at radius 1 is 1.02 bits per heavy atom. The zero-order valence-electron chi connectivity index (χ0n) is 23.5. The zero-order valence-corrected chi connectivity index (χ0v) is 23.5. The average Bonchev–Trinajstić information content (AvgIpc) is 3.52. The van der Waals surface area contributed by atoms with Gasteiger partial charge in [-0.15, -0.1) is 0 Å². The van der Waals surface area contributed by atoms with E-state index < -0.39 is 6.04 Å². The molecule has 1 aromatic heterocycles. The molecule has 4 aromatic rings. The first-order chi connectivity index (χ1) is 20.6. The minimum atomic E-state index is -0.418. The van der Waals surface area contributed by atoms with E-state index in [9.17, 15) is 9.59 Å². The van der Waals surface area contributed by atoms with Gasteiger partial charge < -0.3 is 29.2 Å². The number of methoxy groups -OCH3 is 2. The van der Waals surface area contributed by atoms with Crippen LogP contribution in [0.5, 0.6) is 23.0 Å². The van der Waals surface area contributed by atoms with E-state index in [1.165, 1.54) is 0 Å². The molecular formula is C32H32N4O6. The second-order valence-corrected chi connectivity index (χ2v) is 10.1. The third-order valence-electron chi connectivity index (χ3n) is 7.52. The summed E-state index contributed by atoms with van der Waals surface area (Å²) in [7, 11) is 3.17. The average molecular weight is 569 g/mol. The molecule has 1 atom stereocenters. The molecule has 1 unspecified atom stereocenters. The Kier molecular flexibility index (Phi) is 7.68. The predicted octanol–water partition coefficient (Wildman–Crippen LogP) is 3.95. The predicted molar refractivity (Wildman–Crippen MR) is 155 cm³/mol. The molecule has 3 aliphatic rings. The lowest BCUT2D eigenvalue weighted by Gasteiger charge is -2.38. The minimum Gasteiger partial charge on any atom is -0.494 e. The molecule has 10 nitrogen and oxygen atoms in total. The third-order valence-corrected chi connectivity index (χ3v) is 7.52. The molecule has 0 saturated carbocycles. The highest BCUT2D eigenvalue weighted by atomic mass is 16.5. The number of hydrogen-bond acceptors (Lipinski definition) is 7. The van der Waals surface area contributed by atoms with Gasteiger partial charge in [-0.3, -0.25) is 9.59 Å². The summed E-state index contributed by atoms with van der Waals surface area (Å²) in [6, 6.07) is 18.7. The van der Waals surface area contributed by atoms with E-state index >= 15 is 0 Å². The number of fused-ring (bicyclic) bond motifs is 8. The first-order valence-electron chi connectivity index (χ1n) is 13.9. The Balaban J connectivity index is 1.42. The van der Waals surface area contributed by atoms with Gasteiger partial charge in [0.25, 0.3) is 11.8 Å². The second kappa shape index (κ2) is 11.9. The van der Waals surface area contributed by atoms with Crippen LogP contribution < -0.4 is 24.3 Å². The molecule has 0 saturated heterocycles. The largest absolute Gasteiger partial charge is 0.494 e. The Morgan fingerprint density at radius 2 is 1.88 bits per heavy atom. The fourth-order valence-corrected chi connectivity index (χ4v) is 5.49. The number of carbonyl (C=O) groups is 2. The van der Waals surface area contributed by atoms with Crippen molar-refractivity contribution in [2.75, 3.05) is 40.5 Å². The van der Waals surface area contributed by atoms with Crippen molar-refractivity contribution in [2.45, 2.75) is 18.9 Å². The Bertz CT molecular complexity index is 1620. The smallest absolute Gasteiger partial charge is 0.257 e. The van der Waals surface area contributed by atoms with Crippen LogP contribution in [0, 0.1) is 0 Å². The summed E-state index contributed by atoms with van der Waals surface area (Å²) < 4.78 is 24.7. The van der Waals surface area contributed by atoms with E-state index in [-0.39, 0.29) is 18.4 Å². The molecule has 0 fully saturated rings. The van der Waals surface area contributed by atoms with Gasteiger partial charge in [-0.2, -0.15) is 5.10 Å². The van der Waals surface area contributed by atoms with Crippen molar-refractivity contribution in [3.63, 3.8) is 0 Å². The van der Waals surface area contributed by atoms with Gasteiger partial charge in [-0.25, -0.2) is 4.68 Å². The van der Waals surface area contributed by atoms with Crippen LogP contribution in [0.3, 0.4) is 0 Å². The molecule has 0 spiro atoms. The monoisotopic (exact) mass is 568 g/mol. The van der Waals surface area contributed by atoms with Gasteiger partial charge >= 0.3 is 0 Å². The number of nitrogens with one attached hydrogen (secondary N) is 1. The third kappa shape index (κ3) is 5.35. The highest BCUT2D eigenvalue weighted by molar-refractivity contribution is 5.94. The second-order valence-electron chi connectivity index (χ2n) is 10.1. The standard InChI is InChI=1S/C32H32N4O6/c1-39-27-10-4-3-9-26(27)36-19-23(18-34-36)32(38)35-13-11-21-16-29-28(40-2)17-25(21)31(35)22-7-5-8-24(15-22)41-14-6-12-33-30(37)20-42-29/h3-5,7-10,15-19,31H,6,11-14,20H2,1-2H3,(H,33,37). The van der Waals surface area contributed by atoms with Crippen LogP contribution in [0.25, 0.3) is 5.69 Å². The number of nitrogens with zero attached hydrogens (tertiary/aromatic N) is 3. The fourth-order valence-electron chi connectivity index (χ4n) is 5.49. The van der Waals surface area contributed by atoms with Gasteiger partial charge in [0.2, 0.25) is 0 Å². The number of rotatable bonds is 4. The van der Waals surface area contributed by atoms with Crippen molar-refractivity contribution in [1.29, 1.82) is 0 Å². The molecule has 2 amide bonds. The molecule has 3 aromatic carbocycles. The summed E-state index contributed by atoms with van der Waals surface area (Å²) in [6.07, 6.45) is 4.55. The molecule has 1 N–H and O–H groups in total. The maximum Gasteiger partial charge on any atom is 0.257 e. The topological polar surface area (TPSA) is 104 Å². The van der Waals surface area contributed by atoms with E-state index in [4.69, 9.17) is 18.9 Å². The van der Waals surface area contributed by atoms with Crippen LogP contribution in [-0.4, -0.2) is 67.0 Å². The van der Waals surface area contributed by atoms with E-state index in [2.05, 4.69) is 10.4 Å². The van der Waals surface area contributed by atoms with Crippen LogP contribution in [-0.2, 0) is 11.2 Å². The van der Waals surface area contributed by atoms with Crippen LogP contribution in [0.1, 0.15) is 39.5 Å². The Morgan fingerprint density at radius 3 is 2.74 bits per heavy atom. The number of benzene rings is 3.